The third-order valence-corrected chi connectivity index (χ3v) is 3.20. The number of nitrogen functional groups attached to an aromatic ring is 1. The number of nitrogens with two attached hydrogens (primary N) is 1. The Bertz CT molecular complexity index is 553. The van der Waals surface area contributed by atoms with Gasteiger partial charge in [0.1, 0.15) is 6.07 Å². The van der Waals surface area contributed by atoms with Crippen LogP contribution in [0.25, 0.3) is 0 Å². The average Bonchev–Trinajstić information content (AvgIpc) is 2.67. The van der Waals surface area contributed by atoms with E-state index < -0.39 is 0 Å². The van der Waals surface area contributed by atoms with Crippen molar-refractivity contribution in [2.24, 2.45) is 7.05 Å². The molecule has 0 saturated carbocycles. The van der Waals surface area contributed by atoms with Crippen LogP contribution in [-0.2, 0) is 7.05 Å². The summed E-state index contributed by atoms with van der Waals surface area (Å²) in [5.74, 6) is 0. The molecule has 16 heavy (non-hydrogen) atoms. The fraction of sp³-hybridized carbons (Fsp3) is 0.0909. The molecule has 0 aliphatic rings. The van der Waals surface area contributed by atoms with Crippen LogP contribution >= 0.6 is 11.8 Å². The average molecular weight is 230 g/mol. The Hall–Kier alpha value is -1.93. The zero-order chi connectivity index (χ0) is 11.5. The van der Waals surface area contributed by atoms with Crippen molar-refractivity contribution < 1.29 is 0 Å². The third-order valence-electron chi connectivity index (χ3n) is 2.13. The Morgan fingerprint density at radius 1 is 1.50 bits per heavy atom. The van der Waals surface area contributed by atoms with Crippen molar-refractivity contribution in [1.82, 2.24) is 9.55 Å². The molecule has 1 heterocycles. The Balaban J connectivity index is 2.30. The number of benzene rings is 1. The molecule has 4 nitrogen and oxygen atoms in total. The summed E-state index contributed by atoms with van der Waals surface area (Å²) in [6, 6.07) is 7.46. The van der Waals surface area contributed by atoms with E-state index in [1.807, 2.05) is 23.9 Å². The summed E-state index contributed by atoms with van der Waals surface area (Å²) in [7, 11) is 1.93. The third kappa shape index (κ3) is 2.02. The van der Waals surface area contributed by atoms with E-state index in [1.54, 1.807) is 18.3 Å². The number of aromatic nitrogens is 2. The van der Waals surface area contributed by atoms with Gasteiger partial charge in [0.2, 0.25) is 0 Å². The Morgan fingerprint density at radius 2 is 2.31 bits per heavy atom. The fourth-order valence-electron chi connectivity index (χ4n) is 1.25. The summed E-state index contributed by atoms with van der Waals surface area (Å²) in [5, 5.41) is 9.75. The Morgan fingerprint density at radius 3 is 2.94 bits per heavy atom. The summed E-state index contributed by atoms with van der Waals surface area (Å²) < 4.78 is 1.92. The van der Waals surface area contributed by atoms with Gasteiger partial charge in [-0.3, -0.25) is 0 Å². The van der Waals surface area contributed by atoms with E-state index in [1.165, 1.54) is 11.8 Å². The van der Waals surface area contributed by atoms with Crippen molar-refractivity contribution in [3.63, 3.8) is 0 Å². The molecule has 0 saturated heterocycles. The number of imidazole rings is 1. The van der Waals surface area contributed by atoms with Gasteiger partial charge in [0.05, 0.1) is 5.56 Å². The van der Waals surface area contributed by atoms with Crippen LogP contribution in [0, 0.1) is 11.3 Å². The number of nitriles is 1. The normalized spacial score (nSPS) is 10.0. The maximum Gasteiger partial charge on any atom is 0.172 e. The SMILES string of the molecule is Cn1ccnc1Sc1ccc(N)c(C#N)c1. The maximum absolute atomic E-state index is 8.86. The summed E-state index contributed by atoms with van der Waals surface area (Å²) in [6.45, 7) is 0. The van der Waals surface area contributed by atoms with Gasteiger partial charge in [0, 0.05) is 30.0 Å². The van der Waals surface area contributed by atoms with Gasteiger partial charge in [-0.25, -0.2) is 4.98 Å². The van der Waals surface area contributed by atoms with Crippen molar-refractivity contribution in [1.29, 1.82) is 5.26 Å². The molecule has 0 aliphatic heterocycles. The van der Waals surface area contributed by atoms with E-state index in [0.29, 0.717) is 11.3 Å². The second-order valence-electron chi connectivity index (χ2n) is 3.28. The lowest BCUT2D eigenvalue weighted by molar-refractivity contribution is 0.790. The van der Waals surface area contributed by atoms with Crippen LogP contribution in [0.15, 0.2) is 40.6 Å². The van der Waals surface area contributed by atoms with Crippen LogP contribution in [-0.4, -0.2) is 9.55 Å². The molecule has 0 unspecified atom stereocenters. The second kappa shape index (κ2) is 4.29. The lowest BCUT2D eigenvalue weighted by atomic mass is 10.2. The molecule has 1 aromatic heterocycles. The highest BCUT2D eigenvalue weighted by Gasteiger charge is 2.05. The number of anilines is 1. The van der Waals surface area contributed by atoms with Crippen LogP contribution in [0.3, 0.4) is 0 Å². The van der Waals surface area contributed by atoms with Gasteiger partial charge in [0.15, 0.2) is 5.16 Å². The smallest absolute Gasteiger partial charge is 0.172 e. The largest absolute Gasteiger partial charge is 0.398 e. The second-order valence-corrected chi connectivity index (χ2v) is 4.32. The maximum atomic E-state index is 8.86. The minimum atomic E-state index is 0.499. The van der Waals surface area contributed by atoms with Crippen LogP contribution < -0.4 is 5.73 Å². The van der Waals surface area contributed by atoms with E-state index in [4.69, 9.17) is 11.0 Å². The molecule has 0 atom stereocenters. The summed E-state index contributed by atoms with van der Waals surface area (Å²) >= 11 is 1.50. The monoisotopic (exact) mass is 230 g/mol. The topological polar surface area (TPSA) is 67.6 Å². The molecule has 0 amide bonds. The van der Waals surface area contributed by atoms with Crippen LogP contribution in [0.5, 0.6) is 0 Å². The van der Waals surface area contributed by atoms with Crippen molar-refractivity contribution in [2.75, 3.05) is 5.73 Å². The molecule has 2 aromatic rings. The number of hydrogen-bond acceptors (Lipinski definition) is 4. The Kier molecular flexibility index (Phi) is 2.84. The number of nitrogens with zero attached hydrogens (tertiary/aromatic N) is 3. The highest BCUT2D eigenvalue weighted by molar-refractivity contribution is 7.99. The van der Waals surface area contributed by atoms with E-state index in [2.05, 4.69) is 11.1 Å². The molecule has 5 heteroatoms. The van der Waals surface area contributed by atoms with Gasteiger partial charge in [-0.2, -0.15) is 5.26 Å². The predicted molar refractivity (Wildman–Crippen MR) is 62.9 cm³/mol. The molecule has 2 rings (SSSR count). The van der Waals surface area contributed by atoms with Crippen LogP contribution in [0.1, 0.15) is 5.56 Å². The van der Waals surface area contributed by atoms with Gasteiger partial charge >= 0.3 is 0 Å². The lowest BCUT2D eigenvalue weighted by Gasteiger charge is -2.03. The van der Waals surface area contributed by atoms with Gasteiger partial charge in [-0.05, 0) is 18.2 Å². The predicted octanol–water partition coefficient (Wildman–Crippen LogP) is 2.03. The number of rotatable bonds is 2. The van der Waals surface area contributed by atoms with E-state index in [-0.39, 0.29) is 0 Å². The molecular weight excluding hydrogens is 220 g/mol. The minimum Gasteiger partial charge on any atom is -0.398 e. The first-order chi connectivity index (χ1) is 7.70. The molecule has 0 radical (unpaired) electrons. The quantitative estimate of drug-likeness (QED) is 0.801. The van der Waals surface area contributed by atoms with Gasteiger partial charge in [0.25, 0.3) is 0 Å². The van der Waals surface area contributed by atoms with Crippen molar-refractivity contribution in [2.45, 2.75) is 10.1 Å². The molecule has 0 bridgehead atoms. The van der Waals surface area contributed by atoms with Crippen molar-refractivity contribution >= 4 is 17.4 Å². The summed E-state index contributed by atoms with van der Waals surface area (Å²) in [4.78, 5) is 5.16. The van der Waals surface area contributed by atoms with E-state index in [0.717, 1.165) is 10.1 Å². The summed E-state index contributed by atoms with van der Waals surface area (Å²) in [6.07, 6.45) is 3.62. The molecule has 80 valence electrons. The van der Waals surface area contributed by atoms with Crippen molar-refractivity contribution in [3.8, 4) is 6.07 Å². The van der Waals surface area contributed by atoms with Crippen molar-refractivity contribution in [3.05, 3.63) is 36.2 Å². The molecule has 0 spiro atoms. The van der Waals surface area contributed by atoms with Gasteiger partial charge in [-0.15, -0.1) is 0 Å². The van der Waals surface area contributed by atoms with E-state index in [9.17, 15) is 0 Å². The molecule has 0 fully saturated rings. The fourth-order valence-corrected chi connectivity index (χ4v) is 2.09. The molecule has 0 aliphatic carbocycles. The highest BCUT2D eigenvalue weighted by Crippen LogP contribution is 2.27. The van der Waals surface area contributed by atoms with Crippen LogP contribution in [0.4, 0.5) is 5.69 Å². The van der Waals surface area contributed by atoms with Crippen LogP contribution in [0.2, 0.25) is 0 Å². The summed E-state index contributed by atoms with van der Waals surface area (Å²) in [5.41, 5.74) is 6.66. The van der Waals surface area contributed by atoms with Gasteiger partial charge < -0.3 is 10.3 Å². The van der Waals surface area contributed by atoms with E-state index >= 15 is 0 Å². The molecule has 1 aromatic carbocycles. The lowest BCUT2D eigenvalue weighted by Crippen LogP contribution is -1.91. The minimum absolute atomic E-state index is 0.499. The number of hydrogen-bond donors (Lipinski definition) is 1. The first-order valence-corrected chi connectivity index (χ1v) is 5.47. The Labute approximate surface area is 97.7 Å². The first kappa shape index (κ1) is 10.6. The van der Waals surface area contributed by atoms with Gasteiger partial charge in [-0.1, -0.05) is 11.8 Å². The zero-order valence-electron chi connectivity index (χ0n) is 8.71. The molecule has 2 N–H and O–H groups in total. The standard InChI is InChI=1S/C11H10N4S/c1-15-5-4-14-11(15)16-9-2-3-10(13)8(6-9)7-12/h2-6H,13H2,1H3. The molecular formula is C11H10N4S. The number of aryl methyl sites for hydroxylation is 1. The zero-order valence-corrected chi connectivity index (χ0v) is 9.53. The first-order valence-electron chi connectivity index (χ1n) is 4.65. The highest BCUT2D eigenvalue weighted by atomic mass is 32.2.